The van der Waals surface area contributed by atoms with Gasteiger partial charge in [-0.1, -0.05) is 24.3 Å². The van der Waals surface area contributed by atoms with E-state index in [9.17, 15) is 14.3 Å². The van der Waals surface area contributed by atoms with Crippen molar-refractivity contribution in [3.8, 4) is 17.0 Å². The largest absolute Gasteiger partial charge is 0.508 e. The molecule has 0 aliphatic heterocycles. The Hall–Kier alpha value is -4.24. The summed E-state index contributed by atoms with van der Waals surface area (Å²) in [6.07, 6.45) is 7.54. The number of hydrogen-bond donors (Lipinski definition) is 2. The van der Waals surface area contributed by atoms with Crippen molar-refractivity contribution >= 4 is 45.6 Å². The van der Waals surface area contributed by atoms with Gasteiger partial charge in [0.15, 0.2) is 5.65 Å². The number of phenols is 1. The number of benzene rings is 2. The monoisotopic (exact) mass is 533 g/mol. The van der Waals surface area contributed by atoms with Gasteiger partial charge >= 0.3 is 5.63 Å². The molecule has 0 radical (unpaired) electrons. The molecular weight excluding hydrogens is 509 g/mol. The van der Waals surface area contributed by atoms with E-state index >= 15 is 0 Å². The Bertz CT molecular complexity index is 1760. The van der Waals surface area contributed by atoms with Crippen molar-refractivity contribution in [2.45, 2.75) is 38.6 Å². The van der Waals surface area contributed by atoms with E-state index in [1.807, 2.05) is 25.1 Å². The summed E-state index contributed by atoms with van der Waals surface area (Å²) < 4.78 is 21.8. The van der Waals surface area contributed by atoms with E-state index in [1.54, 1.807) is 10.7 Å². The van der Waals surface area contributed by atoms with Gasteiger partial charge in [0.1, 0.15) is 41.2 Å². The summed E-state index contributed by atoms with van der Waals surface area (Å²) in [7, 11) is 0. The Balaban J connectivity index is 0.00000294. The van der Waals surface area contributed by atoms with Crippen LogP contribution >= 0.6 is 12.4 Å². The molecule has 1 aliphatic carbocycles. The second-order valence-electron chi connectivity index (χ2n) is 9.27. The van der Waals surface area contributed by atoms with Gasteiger partial charge in [0.05, 0.1) is 10.8 Å². The molecule has 1 aliphatic rings. The standard InChI is InChI=1S/C28H24FN5O3.ClH/c1-15(25-22(16-7-3-2-4-8-16)20-9-5-6-10-21(20)28(36)37-25)34-27-23(26(30)31-14-32-27)24(33-34)17-11-18(29)13-19(35)12-17;/h5-7,9-15,35H,2-4,8H2,1H3,(H2,30,31,32);1H. The molecule has 3 heterocycles. The van der Waals surface area contributed by atoms with Crippen LogP contribution in [0.5, 0.6) is 5.75 Å². The van der Waals surface area contributed by atoms with Crippen molar-refractivity contribution < 1.29 is 13.9 Å². The van der Waals surface area contributed by atoms with Crippen LogP contribution < -0.4 is 11.4 Å². The Labute approximate surface area is 223 Å². The maximum absolute atomic E-state index is 14.2. The first kappa shape index (κ1) is 25.4. The fraction of sp³-hybridized carbons (Fsp3) is 0.214. The molecule has 10 heteroatoms. The molecule has 1 unspecified atom stereocenters. The first-order valence-electron chi connectivity index (χ1n) is 12.2. The molecule has 5 aromatic rings. The van der Waals surface area contributed by atoms with E-state index in [2.05, 4.69) is 16.0 Å². The van der Waals surface area contributed by atoms with Crippen LogP contribution in [0.25, 0.3) is 38.6 Å². The number of aromatic hydroxyl groups is 1. The average Bonchev–Trinajstić information content (AvgIpc) is 3.29. The highest BCUT2D eigenvalue weighted by molar-refractivity contribution is 5.99. The molecule has 1 atom stereocenters. The van der Waals surface area contributed by atoms with Gasteiger partial charge in [-0.05, 0) is 61.8 Å². The predicted octanol–water partition coefficient (Wildman–Crippen LogP) is 6.02. The number of phenolic OH excluding ortho intramolecular Hbond substituents is 1. The molecule has 6 rings (SSSR count). The predicted molar refractivity (Wildman–Crippen MR) is 147 cm³/mol. The molecule has 3 N–H and O–H groups in total. The summed E-state index contributed by atoms with van der Waals surface area (Å²) in [5.74, 6) is -0.231. The minimum Gasteiger partial charge on any atom is -0.508 e. The van der Waals surface area contributed by atoms with Crippen LogP contribution in [0.4, 0.5) is 10.2 Å². The molecule has 194 valence electrons. The lowest BCUT2D eigenvalue weighted by molar-refractivity contribution is 0.401. The normalized spacial score (nSPS) is 14.3. The van der Waals surface area contributed by atoms with E-state index in [0.717, 1.165) is 48.3 Å². The topological polar surface area (TPSA) is 120 Å². The van der Waals surface area contributed by atoms with Gasteiger partial charge in [-0.3, -0.25) is 0 Å². The smallest absolute Gasteiger partial charge is 0.343 e. The summed E-state index contributed by atoms with van der Waals surface area (Å²) >= 11 is 0. The minimum absolute atomic E-state index is 0. The van der Waals surface area contributed by atoms with Crippen molar-refractivity contribution in [3.05, 3.63) is 82.4 Å². The van der Waals surface area contributed by atoms with Gasteiger partial charge in [0.2, 0.25) is 0 Å². The zero-order chi connectivity index (χ0) is 25.7. The summed E-state index contributed by atoms with van der Waals surface area (Å²) in [6.45, 7) is 1.87. The molecule has 0 bridgehead atoms. The van der Waals surface area contributed by atoms with Crippen molar-refractivity contribution in [1.82, 2.24) is 19.7 Å². The zero-order valence-corrected chi connectivity index (χ0v) is 21.3. The Morgan fingerprint density at radius 3 is 2.66 bits per heavy atom. The molecule has 2 aromatic carbocycles. The van der Waals surface area contributed by atoms with E-state index in [0.29, 0.717) is 33.4 Å². The maximum Gasteiger partial charge on any atom is 0.343 e. The van der Waals surface area contributed by atoms with Crippen LogP contribution in [0.2, 0.25) is 0 Å². The molecule has 0 spiro atoms. The van der Waals surface area contributed by atoms with Crippen molar-refractivity contribution in [2.24, 2.45) is 0 Å². The molecule has 0 saturated heterocycles. The second kappa shape index (κ2) is 9.90. The fourth-order valence-electron chi connectivity index (χ4n) is 5.20. The third kappa shape index (κ3) is 4.18. The number of nitrogens with two attached hydrogens (primary N) is 1. The number of aromatic nitrogens is 4. The number of nitrogens with zero attached hydrogens (tertiary/aromatic N) is 4. The number of fused-ring (bicyclic) bond motifs is 2. The molecule has 0 saturated carbocycles. The SMILES string of the molecule is CC(c1oc(=O)c2ccccc2c1C1=CCCCC1)n1nc(-c2cc(O)cc(F)c2)c2c(N)ncnc21.Cl. The van der Waals surface area contributed by atoms with Crippen LogP contribution in [0.1, 0.15) is 50.0 Å². The summed E-state index contributed by atoms with van der Waals surface area (Å²) in [4.78, 5) is 21.6. The Morgan fingerprint density at radius 1 is 1.13 bits per heavy atom. The number of hydrogen-bond acceptors (Lipinski definition) is 7. The van der Waals surface area contributed by atoms with Crippen LogP contribution in [0, 0.1) is 5.82 Å². The van der Waals surface area contributed by atoms with Crippen LogP contribution in [-0.2, 0) is 0 Å². The lowest BCUT2D eigenvalue weighted by atomic mass is 9.89. The third-order valence-corrected chi connectivity index (χ3v) is 6.90. The molecule has 0 amide bonds. The van der Waals surface area contributed by atoms with Gasteiger partial charge in [-0.15, -0.1) is 12.4 Å². The Kier molecular flexibility index (Phi) is 6.62. The maximum atomic E-state index is 14.2. The molecule has 0 fully saturated rings. The van der Waals surface area contributed by atoms with Gasteiger partial charge in [-0.25, -0.2) is 23.8 Å². The number of halogens is 2. The lowest BCUT2D eigenvalue weighted by Gasteiger charge is -2.21. The highest BCUT2D eigenvalue weighted by Gasteiger charge is 2.27. The second-order valence-corrected chi connectivity index (χ2v) is 9.27. The van der Waals surface area contributed by atoms with E-state index < -0.39 is 17.5 Å². The highest BCUT2D eigenvalue weighted by atomic mass is 35.5. The van der Waals surface area contributed by atoms with Crippen LogP contribution in [0.15, 0.2) is 64.1 Å². The van der Waals surface area contributed by atoms with Crippen molar-refractivity contribution in [3.63, 3.8) is 0 Å². The summed E-state index contributed by atoms with van der Waals surface area (Å²) in [5.41, 5.74) is 8.85. The van der Waals surface area contributed by atoms with Gasteiger partial charge < -0.3 is 15.3 Å². The number of nitrogen functional groups attached to an aromatic ring is 1. The van der Waals surface area contributed by atoms with E-state index in [-0.39, 0.29) is 24.0 Å². The van der Waals surface area contributed by atoms with Crippen LogP contribution in [0.3, 0.4) is 0 Å². The average molecular weight is 534 g/mol. The molecular formula is C28H25ClFN5O3. The molecule has 3 aromatic heterocycles. The van der Waals surface area contributed by atoms with Crippen molar-refractivity contribution in [1.29, 1.82) is 0 Å². The highest BCUT2D eigenvalue weighted by Crippen LogP contribution is 2.39. The summed E-state index contributed by atoms with van der Waals surface area (Å²) in [5, 5.41) is 16.5. The van der Waals surface area contributed by atoms with Gasteiger partial charge in [0, 0.05) is 17.2 Å². The van der Waals surface area contributed by atoms with Crippen molar-refractivity contribution in [2.75, 3.05) is 5.73 Å². The molecule has 8 nitrogen and oxygen atoms in total. The number of anilines is 1. The molecule has 38 heavy (non-hydrogen) atoms. The summed E-state index contributed by atoms with van der Waals surface area (Å²) in [6, 6.07) is 10.6. The van der Waals surface area contributed by atoms with E-state index in [4.69, 9.17) is 15.2 Å². The van der Waals surface area contributed by atoms with E-state index in [1.165, 1.54) is 18.5 Å². The zero-order valence-electron chi connectivity index (χ0n) is 20.5. The Morgan fingerprint density at radius 2 is 1.92 bits per heavy atom. The third-order valence-electron chi connectivity index (χ3n) is 6.90. The fourth-order valence-corrected chi connectivity index (χ4v) is 5.20. The number of allylic oxidation sites excluding steroid dienone is 2. The lowest BCUT2D eigenvalue weighted by Crippen LogP contribution is -2.16. The van der Waals surface area contributed by atoms with Crippen LogP contribution in [-0.4, -0.2) is 24.9 Å². The first-order valence-corrected chi connectivity index (χ1v) is 12.2. The van der Waals surface area contributed by atoms with Gasteiger partial charge in [-0.2, -0.15) is 5.10 Å². The minimum atomic E-state index is -0.617. The number of rotatable bonds is 4. The first-order chi connectivity index (χ1) is 17.9. The quantitative estimate of drug-likeness (QED) is 0.290. The van der Waals surface area contributed by atoms with Gasteiger partial charge in [0.25, 0.3) is 0 Å².